The third-order valence-corrected chi connectivity index (χ3v) is 4.36. The number of amidine groups is 1. The maximum absolute atomic E-state index is 13.2. The van der Waals surface area contributed by atoms with Crippen molar-refractivity contribution in [1.29, 1.82) is 5.41 Å². The summed E-state index contributed by atoms with van der Waals surface area (Å²) in [7, 11) is 0. The minimum absolute atomic E-state index is 0.0970. The first-order valence-corrected chi connectivity index (χ1v) is 7.81. The van der Waals surface area contributed by atoms with E-state index >= 15 is 0 Å². The van der Waals surface area contributed by atoms with Crippen LogP contribution in [0.25, 0.3) is 0 Å². The Bertz CT molecular complexity index is 636. The van der Waals surface area contributed by atoms with E-state index in [1.165, 1.54) is 17.7 Å². The molecule has 110 valence electrons. The normalized spacial score (nSPS) is 10.9. The molecule has 3 N–H and O–H groups in total. The fraction of sp³-hybridized carbons (Fsp3) is 0.235. The van der Waals surface area contributed by atoms with Gasteiger partial charge in [-0.2, -0.15) is 0 Å². The molecule has 4 heteroatoms. The number of nitrogens with two attached hydrogens (primary N) is 1. The summed E-state index contributed by atoms with van der Waals surface area (Å²) in [6.07, 6.45) is 0. The number of rotatable bonds is 5. The molecule has 0 saturated heterocycles. The molecule has 0 amide bonds. The zero-order valence-corrected chi connectivity index (χ0v) is 13.0. The lowest BCUT2D eigenvalue weighted by Crippen LogP contribution is -2.13. The maximum atomic E-state index is 13.2. The smallest absolute Gasteiger partial charge is 0.123 e. The average Bonchev–Trinajstić information content (AvgIpc) is 2.46. The lowest BCUT2D eigenvalue weighted by Gasteiger charge is -2.09. The molecule has 0 aliphatic rings. The Morgan fingerprint density at radius 3 is 2.43 bits per heavy atom. The largest absolute Gasteiger partial charge is 0.384 e. The molecule has 0 saturated carbocycles. The second kappa shape index (κ2) is 6.76. The van der Waals surface area contributed by atoms with E-state index in [4.69, 9.17) is 11.1 Å². The van der Waals surface area contributed by atoms with Crippen molar-refractivity contribution in [2.45, 2.75) is 30.4 Å². The second-order valence-electron chi connectivity index (χ2n) is 5.23. The quantitative estimate of drug-likeness (QED) is 0.484. The first-order chi connectivity index (χ1) is 9.97. The molecule has 0 fully saturated rings. The summed E-state index contributed by atoms with van der Waals surface area (Å²) < 4.78 is 13.2. The Kier molecular flexibility index (Phi) is 5.02. The first kappa shape index (κ1) is 15.6. The summed E-state index contributed by atoms with van der Waals surface area (Å²) >= 11 is 1.66. The molecule has 0 bridgehead atoms. The minimum atomic E-state index is -0.366. The van der Waals surface area contributed by atoms with E-state index in [0.29, 0.717) is 17.2 Å². The van der Waals surface area contributed by atoms with Gasteiger partial charge in [-0.05, 0) is 41.3 Å². The van der Waals surface area contributed by atoms with Crippen molar-refractivity contribution >= 4 is 17.6 Å². The topological polar surface area (TPSA) is 49.9 Å². The van der Waals surface area contributed by atoms with Gasteiger partial charge in [-0.25, -0.2) is 4.39 Å². The standard InChI is InChI=1S/C17H19FN2S/c1-11(2)12-4-7-15(8-5-12)21-10-13-3-6-14(18)9-16(13)17(19)20/h3-9,11H,10H2,1-2H3,(H3,19,20). The highest BCUT2D eigenvalue weighted by Crippen LogP contribution is 2.26. The van der Waals surface area contributed by atoms with Crippen molar-refractivity contribution in [3.05, 3.63) is 65.0 Å². The van der Waals surface area contributed by atoms with E-state index in [9.17, 15) is 4.39 Å². The molecule has 0 heterocycles. The molecule has 0 spiro atoms. The van der Waals surface area contributed by atoms with E-state index < -0.39 is 0 Å². The summed E-state index contributed by atoms with van der Waals surface area (Å²) in [5, 5.41) is 7.53. The average molecular weight is 302 g/mol. The van der Waals surface area contributed by atoms with E-state index in [1.807, 2.05) is 0 Å². The highest BCUT2D eigenvalue weighted by atomic mass is 32.2. The summed E-state index contributed by atoms with van der Waals surface area (Å²) in [6.45, 7) is 4.33. The Balaban J connectivity index is 2.11. The van der Waals surface area contributed by atoms with Crippen LogP contribution in [0.4, 0.5) is 4.39 Å². The maximum Gasteiger partial charge on any atom is 0.123 e. The van der Waals surface area contributed by atoms with Crippen molar-refractivity contribution in [3.63, 3.8) is 0 Å². The van der Waals surface area contributed by atoms with Crippen molar-refractivity contribution < 1.29 is 4.39 Å². The zero-order valence-electron chi connectivity index (χ0n) is 12.2. The number of benzene rings is 2. The van der Waals surface area contributed by atoms with Gasteiger partial charge < -0.3 is 5.73 Å². The Hall–Kier alpha value is -1.81. The van der Waals surface area contributed by atoms with Crippen molar-refractivity contribution in [3.8, 4) is 0 Å². The van der Waals surface area contributed by atoms with E-state index in [0.717, 1.165) is 10.5 Å². The third-order valence-electron chi connectivity index (χ3n) is 3.30. The molecule has 2 rings (SSSR count). The molecule has 2 aromatic carbocycles. The van der Waals surface area contributed by atoms with Crippen LogP contribution in [0.2, 0.25) is 0 Å². The highest BCUT2D eigenvalue weighted by Gasteiger charge is 2.08. The number of nitrogens with one attached hydrogen (secondary N) is 1. The van der Waals surface area contributed by atoms with Crippen LogP contribution in [-0.2, 0) is 5.75 Å². The van der Waals surface area contributed by atoms with Crippen LogP contribution in [0, 0.1) is 11.2 Å². The van der Waals surface area contributed by atoms with Crippen molar-refractivity contribution in [2.75, 3.05) is 0 Å². The molecule has 0 atom stereocenters. The van der Waals surface area contributed by atoms with Gasteiger partial charge in [0.05, 0.1) is 0 Å². The van der Waals surface area contributed by atoms with Gasteiger partial charge in [0.1, 0.15) is 11.7 Å². The van der Waals surface area contributed by atoms with Crippen LogP contribution in [0.3, 0.4) is 0 Å². The van der Waals surface area contributed by atoms with Crippen molar-refractivity contribution in [2.24, 2.45) is 5.73 Å². The first-order valence-electron chi connectivity index (χ1n) is 6.83. The van der Waals surface area contributed by atoms with E-state index in [1.54, 1.807) is 17.8 Å². The fourth-order valence-corrected chi connectivity index (χ4v) is 2.94. The molecule has 21 heavy (non-hydrogen) atoms. The summed E-state index contributed by atoms with van der Waals surface area (Å²) in [5.74, 6) is 0.719. The van der Waals surface area contributed by atoms with Crippen LogP contribution < -0.4 is 5.73 Å². The summed E-state index contributed by atoms with van der Waals surface area (Å²) in [4.78, 5) is 1.15. The van der Waals surface area contributed by atoms with Crippen LogP contribution in [0.5, 0.6) is 0 Å². The number of hydrogen-bond donors (Lipinski definition) is 2. The Labute approximate surface area is 129 Å². The number of nitrogen functional groups attached to an aromatic ring is 1. The number of halogens is 1. The third kappa shape index (κ3) is 4.08. The van der Waals surface area contributed by atoms with Gasteiger partial charge >= 0.3 is 0 Å². The monoisotopic (exact) mass is 302 g/mol. The van der Waals surface area contributed by atoms with Crippen LogP contribution in [-0.4, -0.2) is 5.84 Å². The molecular formula is C17H19FN2S. The minimum Gasteiger partial charge on any atom is -0.384 e. The molecule has 0 aromatic heterocycles. The lowest BCUT2D eigenvalue weighted by molar-refractivity contribution is 0.627. The van der Waals surface area contributed by atoms with Gasteiger partial charge in [0.25, 0.3) is 0 Å². The molecule has 0 unspecified atom stereocenters. The fourth-order valence-electron chi connectivity index (χ4n) is 2.04. The van der Waals surface area contributed by atoms with Crippen molar-refractivity contribution in [1.82, 2.24) is 0 Å². The molecule has 0 aliphatic carbocycles. The van der Waals surface area contributed by atoms with E-state index in [-0.39, 0.29) is 11.7 Å². The van der Waals surface area contributed by atoms with Gasteiger partial charge in [-0.1, -0.05) is 32.0 Å². The predicted molar refractivity (Wildman–Crippen MR) is 87.5 cm³/mol. The van der Waals surface area contributed by atoms with Gasteiger partial charge in [0, 0.05) is 16.2 Å². The lowest BCUT2D eigenvalue weighted by atomic mass is 10.0. The Morgan fingerprint density at radius 2 is 1.86 bits per heavy atom. The predicted octanol–water partition coefficient (Wildman–Crippen LogP) is 4.53. The summed E-state index contributed by atoms with van der Waals surface area (Å²) in [6, 6.07) is 12.9. The van der Waals surface area contributed by atoms with Crippen LogP contribution >= 0.6 is 11.8 Å². The van der Waals surface area contributed by atoms with Crippen LogP contribution in [0.1, 0.15) is 36.5 Å². The molecule has 0 radical (unpaired) electrons. The van der Waals surface area contributed by atoms with Gasteiger partial charge in [-0.3, -0.25) is 5.41 Å². The second-order valence-corrected chi connectivity index (χ2v) is 6.28. The van der Waals surface area contributed by atoms with E-state index in [2.05, 4.69) is 38.1 Å². The Morgan fingerprint density at radius 1 is 1.19 bits per heavy atom. The highest BCUT2D eigenvalue weighted by molar-refractivity contribution is 7.98. The molecule has 2 nitrogen and oxygen atoms in total. The molecule has 2 aromatic rings. The van der Waals surface area contributed by atoms with Crippen LogP contribution in [0.15, 0.2) is 47.4 Å². The number of thioether (sulfide) groups is 1. The zero-order chi connectivity index (χ0) is 15.4. The molecular weight excluding hydrogens is 283 g/mol. The van der Waals surface area contributed by atoms with Gasteiger partial charge in [0.15, 0.2) is 0 Å². The van der Waals surface area contributed by atoms with Gasteiger partial charge in [-0.15, -0.1) is 11.8 Å². The molecule has 0 aliphatic heterocycles. The van der Waals surface area contributed by atoms with Gasteiger partial charge in [0.2, 0.25) is 0 Å². The SMILES string of the molecule is CC(C)c1ccc(SCc2ccc(F)cc2C(=N)N)cc1. The number of hydrogen-bond acceptors (Lipinski definition) is 2. The summed E-state index contributed by atoms with van der Waals surface area (Å²) in [5.41, 5.74) is 8.17.